The maximum atomic E-state index is 12.5. The van der Waals surface area contributed by atoms with Crippen molar-refractivity contribution >= 4 is 28.3 Å². The molecule has 3 aromatic rings. The Labute approximate surface area is 157 Å². The third-order valence-electron chi connectivity index (χ3n) is 4.84. The number of hydrogen-bond acceptors (Lipinski definition) is 5. The number of hydrogen-bond donors (Lipinski definition) is 1. The fourth-order valence-electron chi connectivity index (χ4n) is 3.49. The lowest BCUT2D eigenvalue weighted by molar-refractivity contribution is -0.116. The molecule has 4 rings (SSSR count). The van der Waals surface area contributed by atoms with Gasteiger partial charge in [0.25, 0.3) is 0 Å². The SMILES string of the molecule is Cn1nc(NC(=O)CCCn2ccnc2)c2c(N3CCOCC3)cccc21. The number of nitrogens with one attached hydrogen (secondary N) is 1. The Morgan fingerprint density at radius 2 is 2.15 bits per heavy atom. The first-order chi connectivity index (χ1) is 13.2. The van der Waals surface area contributed by atoms with E-state index in [4.69, 9.17) is 4.74 Å². The second-order valence-corrected chi connectivity index (χ2v) is 6.70. The predicted molar refractivity (Wildman–Crippen MR) is 104 cm³/mol. The monoisotopic (exact) mass is 368 g/mol. The summed E-state index contributed by atoms with van der Waals surface area (Å²) in [6.45, 7) is 3.88. The van der Waals surface area contributed by atoms with E-state index in [9.17, 15) is 4.79 Å². The van der Waals surface area contributed by atoms with Gasteiger partial charge in [0.05, 0.1) is 36.1 Å². The Bertz CT molecular complexity index is 912. The Balaban J connectivity index is 1.51. The van der Waals surface area contributed by atoms with Crippen molar-refractivity contribution in [3.05, 3.63) is 36.9 Å². The molecular weight excluding hydrogens is 344 g/mol. The van der Waals surface area contributed by atoms with Gasteiger partial charge in [0, 0.05) is 45.5 Å². The number of carbonyl (C=O) groups excluding carboxylic acids is 1. The third-order valence-corrected chi connectivity index (χ3v) is 4.84. The second kappa shape index (κ2) is 7.79. The van der Waals surface area contributed by atoms with Gasteiger partial charge in [-0.05, 0) is 18.6 Å². The molecule has 142 valence electrons. The molecule has 0 radical (unpaired) electrons. The van der Waals surface area contributed by atoms with E-state index in [2.05, 4.69) is 26.4 Å². The van der Waals surface area contributed by atoms with Crippen LogP contribution in [0.1, 0.15) is 12.8 Å². The van der Waals surface area contributed by atoms with Gasteiger partial charge >= 0.3 is 0 Å². The van der Waals surface area contributed by atoms with Crippen LogP contribution in [0.15, 0.2) is 36.9 Å². The molecule has 27 heavy (non-hydrogen) atoms. The van der Waals surface area contributed by atoms with Gasteiger partial charge in [0.15, 0.2) is 5.82 Å². The minimum Gasteiger partial charge on any atom is -0.378 e. The number of imidazole rings is 1. The smallest absolute Gasteiger partial charge is 0.225 e. The summed E-state index contributed by atoms with van der Waals surface area (Å²) in [5.74, 6) is 0.606. The zero-order valence-corrected chi connectivity index (χ0v) is 15.5. The summed E-state index contributed by atoms with van der Waals surface area (Å²) >= 11 is 0. The number of fused-ring (bicyclic) bond motifs is 1. The van der Waals surface area contributed by atoms with E-state index in [0.29, 0.717) is 25.5 Å². The van der Waals surface area contributed by atoms with Gasteiger partial charge in [0.1, 0.15) is 0 Å². The van der Waals surface area contributed by atoms with Crippen molar-refractivity contribution in [1.29, 1.82) is 0 Å². The van der Waals surface area contributed by atoms with Crippen LogP contribution in [0.5, 0.6) is 0 Å². The lowest BCUT2D eigenvalue weighted by atomic mass is 10.1. The van der Waals surface area contributed by atoms with Crippen molar-refractivity contribution in [3.8, 4) is 0 Å². The molecule has 0 unspecified atom stereocenters. The average molecular weight is 368 g/mol. The second-order valence-electron chi connectivity index (χ2n) is 6.70. The predicted octanol–water partition coefficient (Wildman–Crippen LogP) is 2.03. The molecule has 0 aliphatic carbocycles. The van der Waals surface area contributed by atoms with E-state index in [1.807, 2.05) is 34.6 Å². The quantitative estimate of drug-likeness (QED) is 0.720. The molecule has 1 aliphatic heterocycles. The fourth-order valence-corrected chi connectivity index (χ4v) is 3.49. The molecule has 8 heteroatoms. The summed E-state index contributed by atoms with van der Waals surface area (Å²) in [7, 11) is 1.90. The zero-order valence-electron chi connectivity index (χ0n) is 15.5. The third kappa shape index (κ3) is 3.80. The van der Waals surface area contributed by atoms with E-state index in [-0.39, 0.29) is 5.91 Å². The largest absolute Gasteiger partial charge is 0.378 e. The summed E-state index contributed by atoms with van der Waals surface area (Å²) in [6, 6.07) is 6.15. The number of morpholine rings is 1. The number of nitrogens with zero attached hydrogens (tertiary/aromatic N) is 5. The summed E-state index contributed by atoms with van der Waals surface area (Å²) in [6.07, 6.45) is 6.60. The van der Waals surface area contributed by atoms with Crippen LogP contribution >= 0.6 is 0 Å². The number of amides is 1. The fraction of sp³-hybridized carbons (Fsp3) is 0.421. The minimum atomic E-state index is -0.0214. The van der Waals surface area contributed by atoms with Gasteiger partial charge < -0.3 is 19.5 Å². The van der Waals surface area contributed by atoms with Crippen molar-refractivity contribution in [2.75, 3.05) is 36.5 Å². The standard InChI is InChI=1S/C19H24N6O2/c1-23-15-4-2-5-16(25-10-12-27-13-11-25)18(15)19(22-23)21-17(26)6-3-8-24-9-7-20-14-24/h2,4-5,7,9,14H,3,6,8,10-13H2,1H3,(H,21,22,26). The molecule has 1 aliphatic rings. The Morgan fingerprint density at radius 3 is 2.93 bits per heavy atom. The van der Waals surface area contributed by atoms with Gasteiger partial charge in [-0.2, -0.15) is 5.10 Å². The van der Waals surface area contributed by atoms with Crippen molar-refractivity contribution in [2.45, 2.75) is 19.4 Å². The maximum absolute atomic E-state index is 12.5. The number of aryl methyl sites for hydroxylation is 2. The highest BCUT2D eigenvalue weighted by Gasteiger charge is 2.20. The maximum Gasteiger partial charge on any atom is 0.225 e. The van der Waals surface area contributed by atoms with E-state index in [0.717, 1.165) is 42.6 Å². The number of anilines is 2. The summed E-state index contributed by atoms with van der Waals surface area (Å²) in [5.41, 5.74) is 2.10. The van der Waals surface area contributed by atoms with Crippen molar-refractivity contribution in [2.24, 2.45) is 7.05 Å². The van der Waals surface area contributed by atoms with Crippen LogP contribution in [0, 0.1) is 0 Å². The number of rotatable bonds is 6. The molecule has 1 aromatic carbocycles. The van der Waals surface area contributed by atoms with Gasteiger partial charge in [-0.15, -0.1) is 0 Å². The zero-order chi connectivity index (χ0) is 18.6. The minimum absolute atomic E-state index is 0.0214. The van der Waals surface area contributed by atoms with Crippen LogP contribution in [-0.4, -0.2) is 51.5 Å². The Hall–Kier alpha value is -2.87. The molecule has 1 saturated heterocycles. The topological polar surface area (TPSA) is 77.2 Å². The Morgan fingerprint density at radius 1 is 1.30 bits per heavy atom. The van der Waals surface area contributed by atoms with Crippen LogP contribution in [0.4, 0.5) is 11.5 Å². The van der Waals surface area contributed by atoms with Crippen molar-refractivity contribution < 1.29 is 9.53 Å². The number of benzene rings is 1. The first kappa shape index (κ1) is 17.5. The van der Waals surface area contributed by atoms with Crippen molar-refractivity contribution in [1.82, 2.24) is 19.3 Å². The highest BCUT2D eigenvalue weighted by atomic mass is 16.5. The molecule has 0 spiro atoms. The summed E-state index contributed by atoms with van der Waals surface area (Å²) < 4.78 is 9.26. The lowest BCUT2D eigenvalue weighted by Crippen LogP contribution is -2.36. The highest BCUT2D eigenvalue weighted by Crippen LogP contribution is 2.33. The van der Waals surface area contributed by atoms with Gasteiger partial charge in [-0.3, -0.25) is 9.48 Å². The molecule has 0 saturated carbocycles. The molecule has 0 bridgehead atoms. The molecule has 0 atom stereocenters. The van der Waals surface area contributed by atoms with Gasteiger partial charge in [0.2, 0.25) is 5.91 Å². The van der Waals surface area contributed by atoms with Crippen LogP contribution in [0.3, 0.4) is 0 Å². The van der Waals surface area contributed by atoms with Crippen LogP contribution in [0.25, 0.3) is 10.9 Å². The molecule has 1 fully saturated rings. The van der Waals surface area contributed by atoms with Crippen LogP contribution < -0.4 is 10.2 Å². The van der Waals surface area contributed by atoms with Crippen LogP contribution in [0.2, 0.25) is 0 Å². The Kier molecular flexibility index (Phi) is 5.06. The normalized spacial score (nSPS) is 14.6. The van der Waals surface area contributed by atoms with Crippen molar-refractivity contribution in [3.63, 3.8) is 0 Å². The number of aromatic nitrogens is 4. The van der Waals surface area contributed by atoms with Gasteiger partial charge in [-0.25, -0.2) is 4.98 Å². The van der Waals surface area contributed by atoms with Gasteiger partial charge in [-0.1, -0.05) is 6.07 Å². The first-order valence-corrected chi connectivity index (χ1v) is 9.26. The van der Waals surface area contributed by atoms with E-state index in [1.165, 1.54) is 0 Å². The molecule has 3 heterocycles. The molecular formula is C19H24N6O2. The lowest BCUT2D eigenvalue weighted by Gasteiger charge is -2.29. The number of ether oxygens (including phenoxy) is 1. The summed E-state index contributed by atoms with van der Waals surface area (Å²) in [4.78, 5) is 18.8. The van der Waals surface area contributed by atoms with E-state index in [1.54, 1.807) is 12.5 Å². The number of carbonyl (C=O) groups is 1. The van der Waals surface area contributed by atoms with E-state index >= 15 is 0 Å². The summed E-state index contributed by atoms with van der Waals surface area (Å²) in [5, 5.41) is 8.56. The highest BCUT2D eigenvalue weighted by molar-refractivity contribution is 6.06. The first-order valence-electron chi connectivity index (χ1n) is 9.26. The molecule has 1 amide bonds. The van der Waals surface area contributed by atoms with E-state index < -0.39 is 0 Å². The molecule has 8 nitrogen and oxygen atoms in total. The van der Waals surface area contributed by atoms with Crippen LogP contribution in [-0.2, 0) is 23.1 Å². The molecule has 2 aromatic heterocycles. The molecule has 1 N–H and O–H groups in total. The average Bonchev–Trinajstić information content (AvgIpc) is 3.31.